The van der Waals surface area contributed by atoms with Crippen LogP contribution in [0.5, 0.6) is 0 Å². The fourth-order valence-corrected chi connectivity index (χ4v) is 6.09. The summed E-state index contributed by atoms with van der Waals surface area (Å²) in [4.78, 5) is 27.9. The number of hydrogen-bond donors (Lipinski definition) is 1. The van der Waals surface area contributed by atoms with Gasteiger partial charge in [-0.25, -0.2) is 12.8 Å². The van der Waals surface area contributed by atoms with E-state index >= 15 is 0 Å². The van der Waals surface area contributed by atoms with Gasteiger partial charge in [0.1, 0.15) is 5.82 Å². The molecular formula is C30H25FN2O4S. The van der Waals surface area contributed by atoms with Gasteiger partial charge in [-0.05, 0) is 66.9 Å². The van der Waals surface area contributed by atoms with Crippen molar-refractivity contribution < 1.29 is 22.4 Å². The van der Waals surface area contributed by atoms with E-state index in [9.17, 15) is 22.4 Å². The minimum atomic E-state index is -4.06. The summed E-state index contributed by atoms with van der Waals surface area (Å²) in [7, 11) is -4.06. The zero-order valence-corrected chi connectivity index (χ0v) is 21.5. The average Bonchev–Trinajstić information content (AvgIpc) is 2.99. The Hall–Kier alpha value is -4.30. The molecule has 192 valence electrons. The summed E-state index contributed by atoms with van der Waals surface area (Å²) in [5, 5.41) is 2.87. The molecule has 1 heterocycles. The lowest BCUT2D eigenvalue weighted by molar-refractivity contribution is 0.0950. The van der Waals surface area contributed by atoms with Crippen LogP contribution in [0.15, 0.2) is 101 Å². The van der Waals surface area contributed by atoms with Gasteiger partial charge in [0.25, 0.3) is 11.8 Å². The highest BCUT2D eigenvalue weighted by atomic mass is 32.2. The number of rotatable bonds is 6. The van der Waals surface area contributed by atoms with Crippen LogP contribution in [0.25, 0.3) is 0 Å². The molecule has 0 saturated carbocycles. The lowest BCUT2D eigenvalue weighted by Crippen LogP contribution is -2.31. The summed E-state index contributed by atoms with van der Waals surface area (Å²) >= 11 is 0. The van der Waals surface area contributed by atoms with E-state index in [-0.39, 0.29) is 39.1 Å². The molecule has 0 bridgehead atoms. The maximum Gasteiger partial charge on any atom is 0.259 e. The van der Waals surface area contributed by atoms with Crippen LogP contribution in [0.3, 0.4) is 0 Å². The van der Waals surface area contributed by atoms with Gasteiger partial charge in [0, 0.05) is 12.1 Å². The van der Waals surface area contributed by atoms with E-state index in [1.54, 1.807) is 12.1 Å². The monoisotopic (exact) mass is 528 g/mol. The number of anilines is 1. The van der Waals surface area contributed by atoms with Crippen LogP contribution in [0.4, 0.5) is 10.1 Å². The lowest BCUT2D eigenvalue weighted by Gasteiger charge is -2.23. The molecule has 6 nitrogen and oxygen atoms in total. The van der Waals surface area contributed by atoms with Gasteiger partial charge >= 0.3 is 0 Å². The third kappa shape index (κ3) is 4.95. The van der Waals surface area contributed by atoms with Crippen molar-refractivity contribution in [1.29, 1.82) is 0 Å². The first-order chi connectivity index (χ1) is 18.2. The molecule has 0 aromatic heterocycles. The first-order valence-electron chi connectivity index (χ1n) is 12.1. The van der Waals surface area contributed by atoms with Crippen LogP contribution in [-0.2, 0) is 22.8 Å². The number of benzene rings is 4. The number of halogens is 1. The molecule has 0 fully saturated rings. The van der Waals surface area contributed by atoms with Gasteiger partial charge in [0.2, 0.25) is 9.84 Å². The highest BCUT2D eigenvalue weighted by Crippen LogP contribution is 2.38. The zero-order chi connectivity index (χ0) is 26.9. The number of carbonyl (C=O) groups is 2. The van der Waals surface area contributed by atoms with E-state index in [0.29, 0.717) is 18.5 Å². The van der Waals surface area contributed by atoms with Gasteiger partial charge in [0.05, 0.1) is 27.6 Å². The molecule has 0 unspecified atom stereocenters. The van der Waals surface area contributed by atoms with Crippen molar-refractivity contribution in [1.82, 2.24) is 5.32 Å². The van der Waals surface area contributed by atoms with Crippen molar-refractivity contribution in [2.75, 3.05) is 11.4 Å². The minimum absolute atomic E-state index is 0.00549. The highest BCUT2D eigenvalue weighted by molar-refractivity contribution is 7.91. The summed E-state index contributed by atoms with van der Waals surface area (Å²) in [5.41, 5.74) is 3.20. The Morgan fingerprint density at radius 1 is 0.868 bits per heavy atom. The first-order valence-corrected chi connectivity index (χ1v) is 13.6. The molecule has 1 N–H and O–H groups in total. The van der Waals surface area contributed by atoms with Gasteiger partial charge in [-0.3, -0.25) is 9.59 Å². The Morgan fingerprint density at radius 2 is 1.55 bits per heavy atom. The second-order valence-electron chi connectivity index (χ2n) is 9.19. The molecule has 4 aromatic rings. The van der Waals surface area contributed by atoms with Crippen molar-refractivity contribution in [3.63, 3.8) is 0 Å². The number of carbonyl (C=O) groups excluding carboxylic acids is 2. The van der Waals surface area contributed by atoms with E-state index in [1.807, 2.05) is 31.2 Å². The largest absolute Gasteiger partial charge is 0.352 e. The second-order valence-corrected chi connectivity index (χ2v) is 11.1. The second kappa shape index (κ2) is 10.2. The zero-order valence-electron chi connectivity index (χ0n) is 20.6. The molecule has 4 aromatic carbocycles. The van der Waals surface area contributed by atoms with Crippen LogP contribution in [0.2, 0.25) is 0 Å². The molecule has 0 aliphatic carbocycles. The van der Waals surface area contributed by atoms with Crippen molar-refractivity contribution in [2.45, 2.75) is 29.7 Å². The molecular weight excluding hydrogens is 503 g/mol. The molecule has 38 heavy (non-hydrogen) atoms. The van der Waals surface area contributed by atoms with E-state index in [2.05, 4.69) is 5.32 Å². The molecule has 0 radical (unpaired) electrons. The standard InChI is InChI=1S/C30H25FN2O4S/c1-20-6-8-21(9-7-20)16-17-32-29(34)23-12-15-28-26(18-23)33(19-22-10-13-24(31)14-11-22)30(35)25-4-2-3-5-27(25)38(28,36)37/h2-15,18H,16-17,19H2,1H3,(H,32,34). The molecule has 2 amide bonds. The number of hydrogen-bond acceptors (Lipinski definition) is 4. The normalized spacial score (nSPS) is 13.8. The van der Waals surface area contributed by atoms with Crippen LogP contribution >= 0.6 is 0 Å². The smallest absolute Gasteiger partial charge is 0.259 e. The van der Waals surface area contributed by atoms with Crippen LogP contribution in [-0.4, -0.2) is 26.8 Å². The number of nitrogens with one attached hydrogen (secondary N) is 1. The Labute approximate surface area is 220 Å². The van der Waals surface area contributed by atoms with E-state index in [1.165, 1.54) is 59.5 Å². The van der Waals surface area contributed by atoms with Gasteiger partial charge < -0.3 is 10.2 Å². The predicted molar refractivity (Wildman–Crippen MR) is 142 cm³/mol. The number of amides is 2. The quantitative estimate of drug-likeness (QED) is 0.378. The lowest BCUT2D eigenvalue weighted by atomic mass is 10.1. The van der Waals surface area contributed by atoms with Gasteiger partial charge in [0.15, 0.2) is 0 Å². The predicted octanol–water partition coefficient (Wildman–Crippen LogP) is 5.10. The summed E-state index contributed by atoms with van der Waals surface area (Å²) < 4.78 is 40.7. The van der Waals surface area contributed by atoms with Crippen molar-refractivity contribution in [2.24, 2.45) is 0 Å². The van der Waals surface area contributed by atoms with Gasteiger partial charge in [-0.15, -0.1) is 0 Å². The van der Waals surface area contributed by atoms with E-state index in [4.69, 9.17) is 0 Å². The topological polar surface area (TPSA) is 83.6 Å². The fraction of sp³-hybridized carbons (Fsp3) is 0.133. The van der Waals surface area contributed by atoms with Gasteiger partial charge in [-0.1, -0.05) is 54.1 Å². The number of fused-ring (bicyclic) bond motifs is 2. The third-order valence-corrected chi connectivity index (χ3v) is 8.39. The molecule has 0 spiro atoms. The SMILES string of the molecule is Cc1ccc(CCNC(=O)c2ccc3c(c2)N(Cc2ccc(F)cc2)C(=O)c2ccccc2S3(=O)=O)cc1. The number of nitrogens with zero attached hydrogens (tertiary/aromatic N) is 1. The molecule has 1 aliphatic heterocycles. The van der Waals surface area contributed by atoms with Gasteiger partial charge in [-0.2, -0.15) is 0 Å². The summed E-state index contributed by atoms with van der Waals surface area (Å²) in [6.45, 7) is 2.39. The Kier molecular flexibility index (Phi) is 6.82. The number of aryl methyl sites for hydroxylation is 1. The summed E-state index contributed by atoms with van der Waals surface area (Å²) in [6, 6.07) is 23.9. The summed E-state index contributed by atoms with van der Waals surface area (Å²) in [6.07, 6.45) is 0.635. The third-order valence-electron chi connectivity index (χ3n) is 6.53. The molecule has 0 saturated heterocycles. The molecule has 8 heteroatoms. The fourth-order valence-electron chi connectivity index (χ4n) is 4.45. The Balaban J connectivity index is 1.50. The Morgan fingerprint density at radius 3 is 2.29 bits per heavy atom. The van der Waals surface area contributed by atoms with Crippen LogP contribution in [0, 0.1) is 12.7 Å². The molecule has 0 atom stereocenters. The van der Waals surface area contributed by atoms with Crippen LogP contribution < -0.4 is 10.2 Å². The van der Waals surface area contributed by atoms with Crippen molar-refractivity contribution in [3.8, 4) is 0 Å². The minimum Gasteiger partial charge on any atom is -0.352 e. The van der Waals surface area contributed by atoms with E-state index in [0.717, 1.165) is 11.1 Å². The van der Waals surface area contributed by atoms with E-state index < -0.39 is 21.6 Å². The van der Waals surface area contributed by atoms with Crippen LogP contribution in [0.1, 0.15) is 37.4 Å². The Bertz CT molecular complexity index is 1630. The molecule has 5 rings (SSSR count). The average molecular weight is 529 g/mol. The summed E-state index contributed by atoms with van der Waals surface area (Å²) in [5.74, 6) is -1.33. The molecule has 1 aliphatic rings. The van der Waals surface area contributed by atoms with Crippen molar-refractivity contribution >= 4 is 27.3 Å². The highest BCUT2D eigenvalue weighted by Gasteiger charge is 2.36. The van der Waals surface area contributed by atoms with Crippen molar-refractivity contribution in [3.05, 3.63) is 125 Å². The first kappa shape index (κ1) is 25.4. The maximum atomic E-state index is 13.7. The number of sulfone groups is 1. The maximum absolute atomic E-state index is 13.7.